The van der Waals surface area contributed by atoms with Crippen LogP contribution in [0.3, 0.4) is 0 Å². The van der Waals surface area contributed by atoms with Crippen molar-refractivity contribution in [3.8, 4) is 11.5 Å². The number of benzene rings is 1. The van der Waals surface area contributed by atoms with Crippen molar-refractivity contribution in [2.45, 2.75) is 18.3 Å². The standard InChI is InChI=1S/C19H14F3N3O3S/c20-19(21,22)28-13-5-3-12(4-6-13)18(25-17(26)15-7-10-24-29-15)8-11-27-14-2-1-9-23-16(14)18/h1-7,9-10H,8,11H2,(H,25,26). The number of aromatic nitrogens is 2. The average Bonchev–Trinajstić information content (AvgIpc) is 3.22. The van der Waals surface area contributed by atoms with Gasteiger partial charge in [-0.2, -0.15) is 0 Å². The van der Waals surface area contributed by atoms with Gasteiger partial charge in [-0.15, -0.1) is 13.2 Å². The molecule has 4 rings (SSSR count). The number of nitrogens with one attached hydrogen (secondary N) is 1. The molecule has 6 nitrogen and oxygen atoms in total. The summed E-state index contributed by atoms with van der Waals surface area (Å²) in [4.78, 5) is 17.6. The second kappa shape index (κ2) is 7.36. The van der Waals surface area contributed by atoms with Crippen LogP contribution in [0.1, 0.15) is 27.3 Å². The van der Waals surface area contributed by atoms with Gasteiger partial charge in [0, 0.05) is 18.8 Å². The Bertz CT molecular complexity index is 1010. The van der Waals surface area contributed by atoms with Crippen molar-refractivity contribution in [3.63, 3.8) is 0 Å². The molecule has 1 unspecified atom stereocenters. The third-order valence-corrected chi connectivity index (χ3v) is 5.22. The van der Waals surface area contributed by atoms with Crippen LogP contribution < -0.4 is 14.8 Å². The fourth-order valence-electron chi connectivity index (χ4n) is 3.26. The molecule has 10 heteroatoms. The van der Waals surface area contributed by atoms with E-state index < -0.39 is 11.9 Å². The molecule has 1 aromatic carbocycles. The van der Waals surface area contributed by atoms with Crippen LogP contribution in [0.2, 0.25) is 0 Å². The van der Waals surface area contributed by atoms with Crippen LogP contribution in [0.25, 0.3) is 0 Å². The molecule has 1 N–H and O–H groups in total. The zero-order chi connectivity index (χ0) is 20.5. The predicted molar refractivity (Wildman–Crippen MR) is 97.8 cm³/mol. The van der Waals surface area contributed by atoms with Crippen LogP contribution in [0.4, 0.5) is 13.2 Å². The zero-order valence-corrected chi connectivity index (χ0v) is 15.6. The van der Waals surface area contributed by atoms with Gasteiger partial charge in [-0.1, -0.05) is 12.1 Å². The molecular weight excluding hydrogens is 407 g/mol. The molecule has 0 saturated heterocycles. The normalized spacial score (nSPS) is 18.4. The Morgan fingerprint density at radius 2 is 1.97 bits per heavy atom. The first-order valence-corrected chi connectivity index (χ1v) is 9.32. The Morgan fingerprint density at radius 3 is 2.66 bits per heavy atom. The fraction of sp³-hybridized carbons (Fsp3) is 0.211. The van der Waals surface area contributed by atoms with Crippen molar-refractivity contribution in [2.75, 3.05) is 6.61 Å². The summed E-state index contributed by atoms with van der Waals surface area (Å²) in [7, 11) is 0. The minimum atomic E-state index is -4.79. The van der Waals surface area contributed by atoms with Gasteiger partial charge in [0.25, 0.3) is 5.91 Å². The summed E-state index contributed by atoms with van der Waals surface area (Å²) in [5, 5.41) is 3.00. The molecule has 1 amide bonds. The molecule has 2 aromatic heterocycles. The number of nitrogens with zero attached hydrogens (tertiary/aromatic N) is 2. The maximum atomic E-state index is 12.8. The van der Waals surface area contributed by atoms with Gasteiger partial charge in [0.15, 0.2) is 0 Å². The van der Waals surface area contributed by atoms with Gasteiger partial charge in [0.2, 0.25) is 0 Å². The number of carbonyl (C=O) groups is 1. The number of hydrogen-bond donors (Lipinski definition) is 1. The Labute approximate surface area is 167 Å². The van der Waals surface area contributed by atoms with E-state index in [0.29, 0.717) is 34.9 Å². The Hall–Kier alpha value is -3.14. The lowest BCUT2D eigenvalue weighted by Gasteiger charge is -2.38. The van der Waals surface area contributed by atoms with Crippen LogP contribution in [0.5, 0.6) is 11.5 Å². The lowest BCUT2D eigenvalue weighted by molar-refractivity contribution is -0.274. The molecule has 150 valence electrons. The highest BCUT2D eigenvalue weighted by Crippen LogP contribution is 2.41. The largest absolute Gasteiger partial charge is 0.573 e. The van der Waals surface area contributed by atoms with Gasteiger partial charge >= 0.3 is 6.36 Å². The molecule has 0 radical (unpaired) electrons. The van der Waals surface area contributed by atoms with Gasteiger partial charge in [0.1, 0.15) is 27.6 Å². The lowest BCUT2D eigenvalue weighted by Crippen LogP contribution is -2.50. The predicted octanol–water partition coefficient (Wildman–Crippen LogP) is 3.89. The molecule has 0 saturated carbocycles. The molecule has 1 atom stereocenters. The number of rotatable bonds is 4. The van der Waals surface area contributed by atoms with Crippen LogP contribution in [0.15, 0.2) is 54.9 Å². The maximum absolute atomic E-state index is 12.8. The number of hydrogen-bond acceptors (Lipinski definition) is 6. The highest BCUT2D eigenvalue weighted by molar-refractivity contribution is 7.08. The second-order valence-corrected chi connectivity index (χ2v) is 7.09. The van der Waals surface area contributed by atoms with E-state index in [0.717, 1.165) is 11.5 Å². The van der Waals surface area contributed by atoms with E-state index in [2.05, 4.69) is 19.4 Å². The molecule has 3 heterocycles. The van der Waals surface area contributed by atoms with Crippen molar-refractivity contribution in [1.29, 1.82) is 0 Å². The first kappa shape index (κ1) is 19.2. The third kappa shape index (κ3) is 3.88. The first-order chi connectivity index (χ1) is 13.9. The number of halogens is 3. The van der Waals surface area contributed by atoms with Crippen LogP contribution >= 0.6 is 11.5 Å². The molecule has 0 fully saturated rings. The van der Waals surface area contributed by atoms with Gasteiger partial charge in [-0.25, -0.2) is 4.37 Å². The molecule has 29 heavy (non-hydrogen) atoms. The third-order valence-electron chi connectivity index (χ3n) is 4.48. The minimum Gasteiger partial charge on any atom is -0.491 e. The van der Waals surface area contributed by atoms with Gasteiger partial charge in [-0.05, 0) is 47.4 Å². The summed E-state index contributed by atoms with van der Waals surface area (Å²) in [6.07, 6.45) is -1.35. The molecule has 0 spiro atoms. The second-order valence-electron chi connectivity index (χ2n) is 6.26. The molecule has 1 aliphatic heterocycles. The minimum absolute atomic E-state index is 0.294. The zero-order valence-electron chi connectivity index (χ0n) is 14.8. The summed E-state index contributed by atoms with van der Waals surface area (Å²) >= 11 is 1.04. The average molecular weight is 421 g/mol. The van der Waals surface area contributed by atoms with Crippen LogP contribution in [-0.4, -0.2) is 28.2 Å². The number of amides is 1. The smallest absolute Gasteiger partial charge is 0.491 e. The number of pyridine rings is 1. The molecule has 1 aliphatic rings. The monoisotopic (exact) mass is 421 g/mol. The highest BCUT2D eigenvalue weighted by Gasteiger charge is 2.43. The first-order valence-electron chi connectivity index (χ1n) is 8.55. The summed E-state index contributed by atoms with van der Waals surface area (Å²) in [5.74, 6) is -0.209. The molecule has 0 bridgehead atoms. The van der Waals surface area contributed by atoms with E-state index in [-0.39, 0.29) is 11.7 Å². The van der Waals surface area contributed by atoms with E-state index in [1.165, 1.54) is 30.5 Å². The summed E-state index contributed by atoms with van der Waals surface area (Å²) in [6, 6.07) is 10.4. The molecular formula is C19H14F3N3O3S. The van der Waals surface area contributed by atoms with Crippen molar-refractivity contribution in [3.05, 3.63) is 71.0 Å². The maximum Gasteiger partial charge on any atom is 0.573 e. The van der Waals surface area contributed by atoms with Crippen molar-refractivity contribution in [2.24, 2.45) is 0 Å². The number of carbonyl (C=O) groups excluding carboxylic acids is 1. The Kier molecular flexibility index (Phi) is 4.87. The van der Waals surface area contributed by atoms with Gasteiger partial charge in [0.05, 0.1) is 6.61 Å². The topological polar surface area (TPSA) is 73.3 Å². The van der Waals surface area contributed by atoms with Crippen LogP contribution in [0, 0.1) is 0 Å². The van der Waals surface area contributed by atoms with E-state index in [9.17, 15) is 18.0 Å². The van der Waals surface area contributed by atoms with E-state index in [1.54, 1.807) is 24.4 Å². The van der Waals surface area contributed by atoms with Crippen molar-refractivity contribution >= 4 is 17.4 Å². The van der Waals surface area contributed by atoms with Crippen molar-refractivity contribution < 1.29 is 27.4 Å². The molecule has 3 aromatic rings. The fourth-order valence-corrected chi connectivity index (χ4v) is 3.76. The number of ether oxygens (including phenoxy) is 2. The van der Waals surface area contributed by atoms with Crippen molar-refractivity contribution in [1.82, 2.24) is 14.7 Å². The summed E-state index contributed by atoms with van der Waals surface area (Å²) in [6.45, 7) is 0.294. The summed E-state index contributed by atoms with van der Waals surface area (Å²) in [5.41, 5.74) is -0.0334. The van der Waals surface area contributed by atoms with Crippen LogP contribution in [-0.2, 0) is 5.54 Å². The van der Waals surface area contributed by atoms with Gasteiger partial charge < -0.3 is 14.8 Å². The SMILES string of the molecule is O=C(NC1(c2ccc(OC(F)(F)F)cc2)CCOc2cccnc21)c1ccns1. The van der Waals surface area contributed by atoms with Gasteiger partial charge in [-0.3, -0.25) is 9.78 Å². The molecule has 0 aliphatic carbocycles. The van der Waals surface area contributed by atoms with E-state index in [4.69, 9.17) is 4.74 Å². The lowest BCUT2D eigenvalue weighted by atomic mass is 9.81. The van der Waals surface area contributed by atoms with E-state index >= 15 is 0 Å². The quantitative estimate of drug-likeness (QED) is 0.692. The Morgan fingerprint density at radius 1 is 1.17 bits per heavy atom. The number of alkyl halides is 3. The highest BCUT2D eigenvalue weighted by atomic mass is 32.1. The Balaban J connectivity index is 1.77. The van der Waals surface area contributed by atoms with E-state index in [1.807, 2.05) is 0 Å². The number of fused-ring (bicyclic) bond motifs is 1. The summed E-state index contributed by atoms with van der Waals surface area (Å²) < 4.78 is 51.0.